The molecule has 0 radical (unpaired) electrons. The topological polar surface area (TPSA) is 42.0 Å². The van der Waals surface area contributed by atoms with Gasteiger partial charge < -0.3 is 19.3 Å². The summed E-state index contributed by atoms with van der Waals surface area (Å²) in [7, 11) is 3.73. The van der Waals surface area contributed by atoms with Gasteiger partial charge in [-0.2, -0.15) is 0 Å². The predicted octanol–water partition coefficient (Wildman–Crippen LogP) is 2.91. The molecule has 0 bridgehead atoms. The summed E-state index contributed by atoms with van der Waals surface area (Å²) in [6, 6.07) is 5.74. The van der Waals surface area contributed by atoms with Gasteiger partial charge in [-0.3, -0.25) is 4.79 Å². The molecule has 25 heavy (non-hydrogen) atoms. The molecule has 0 spiro atoms. The van der Waals surface area contributed by atoms with Gasteiger partial charge >= 0.3 is 0 Å². The molecule has 2 rings (SSSR count). The monoisotopic (exact) mass is 346 g/mol. The molecule has 138 valence electrons. The van der Waals surface area contributed by atoms with Crippen molar-refractivity contribution in [2.75, 3.05) is 46.9 Å². The van der Waals surface area contributed by atoms with Gasteiger partial charge in [0.05, 0.1) is 13.7 Å². The maximum Gasteiger partial charge on any atom is 0.246 e. The van der Waals surface area contributed by atoms with Crippen LogP contribution in [0, 0.1) is 5.92 Å². The van der Waals surface area contributed by atoms with E-state index in [0.29, 0.717) is 18.3 Å². The van der Waals surface area contributed by atoms with E-state index in [1.807, 2.05) is 29.2 Å². The van der Waals surface area contributed by atoms with E-state index in [-0.39, 0.29) is 5.91 Å². The summed E-state index contributed by atoms with van der Waals surface area (Å²) in [5.74, 6) is 1.94. The van der Waals surface area contributed by atoms with Crippen LogP contribution in [0.5, 0.6) is 11.5 Å². The number of hydrogen-bond acceptors (Lipinski definition) is 4. The number of benzene rings is 1. The minimum atomic E-state index is 0.0643. The molecule has 1 heterocycles. The van der Waals surface area contributed by atoms with E-state index < -0.39 is 0 Å². The quantitative estimate of drug-likeness (QED) is 0.743. The maximum atomic E-state index is 12.4. The van der Waals surface area contributed by atoms with Gasteiger partial charge in [0.15, 0.2) is 11.5 Å². The van der Waals surface area contributed by atoms with Crippen LogP contribution in [0.15, 0.2) is 24.3 Å². The maximum absolute atomic E-state index is 12.4. The highest BCUT2D eigenvalue weighted by atomic mass is 16.5. The number of carbonyl (C=O) groups excluding carboxylic acids is 1. The van der Waals surface area contributed by atoms with Crippen molar-refractivity contribution in [1.29, 1.82) is 0 Å². The Morgan fingerprint density at radius 2 is 2.00 bits per heavy atom. The van der Waals surface area contributed by atoms with Crippen LogP contribution in [-0.4, -0.2) is 62.7 Å². The number of likely N-dealkylation sites (N-methyl/N-ethyl adjacent to an activating group) is 1. The molecule has 1 aromatic rings. The molecule has 0 aromatic heterocycles. The predicted molar refractivity (Wildman–Crippen MR) is 101 cm³/mol. The third-order valence-electron chi connectivity index (χ3n) is 4.21. The smallest absolute Gasteiger partial charge is 0.246 e. The fourth-order valence-electron chi connectivity index (χ4n) is 2.70. The summed E-state index contributed by atoms with van der Waals surface area (Å²) < 4.78 is 11.2. The molecular weight excluding hydrogens is 316 g/mol. The average Bonchev–Trinajstić information content (AvgIpc) is 2.82. The van der Waals surface area contributed by atoms with E-state index in [1.54, 1.807) is 13.2 Å². The molecule has 0 aliphatic carbocycles. The summed E-state index contributed by atoms with van der Waals surface area (Å²) in [5.41, 5.74) is 0.925. The van der Waals surface area contributed by atoms with Crippen LogP contribution in [0.3, 0.4) is 0 Å². The molecular formula is C20H30N2O3. The van der Waals surface area contributed by atoms with Gasteiger partial charge in [-0.05, 0) is 49.7 Å². The summed E-state index contributed by atoms with van der Waals surface area (Å²) in [4.78, 5) is 16.6. The van der Waals surface area contributed by atoms with Crippen molar-refractivity contribution >= 4 is 12.0 Å². The Morgan fingerprint density at radius 3 is 2.72 bits per heavy atom. The minimum absolute atomic E-state index is 0.0643. The largest absolute Gasteiger partial charge is 0.493 e. The van der Waals surface area contributed by atoms with Crippen LogP contribution in [-0.2, 0) is 4.79 Å². The zero-order valence-electron chi connectivity index (χ0n) is 15.8. The molecule has 5 heteroatoms. The van der Waals surface area contributed by atoms with Gasteiger partial charge in [-0.1, -0.05) is 19.9 Å². The summed E-state index contributed by atoms with van der Waals surface area (Å²) in [5, 5.41) is 0. The molecule has 0 atom stereocenters. The highest BCUT2D eigenvalue weighted by Gasteiger charge is 2.15. The lowest BCUT2D eigenvalue weighted by Gasteiger charge is -2.18. The third-order valence-corrected chi connectivity index (χ3v) is 4.21. The summed E-state index contributed by atoms with van der Waals surface area (Å²) >= 11 is 0. The fraction of sp³-hybridized carbons (Fsp3) is 0.550. The van der Waals surface area contributed by atoms with Gasteiger partial charge in [0.2, 0.25) is 5.91 Å². The Hall–Kier alpha value is -2.01. The number of rotatable bonds is 6. The number of ether oxygens (including phenoxy) is 2. The van der Waals surface area contributed by atoms with Crippen LogP contribution >= 0.6 is 0 Å². The highest BCUT2D eigenvalue weighted by molar-refractivity contribution is 5.91. The van der Waals surface area contributed by atoms with Crippen molar-refractivity contribution in [3.63, 3.8) is 0 Å². The molecule has 0 saturated carbocycles. The standard InChI is InChI=1S/C20H30N2O3/c1-16(2)15-25-18-8-6-17(14-19(18)24-4)7-9-20(23)22-11-5-10-21(3)12-13-22/h6-9,14,16H,5,10-13,15H2,1-4H3/b9-7+. The number of carbonyl (C=O) groups is 1. The van der Waals surface area contributed by atoms with Crippen molar-refractivity contribution < 1.29 is 14.3 Å². The van der Waals surface area contributed by atoms with E-state index in [2.05, 4.69) is 25.8 Å². The van der Waals surface area contributed by atoms with Gasteiger partial charge in [0.25, 0.3) is 0 Å². The first-order valence-electron chi connectivity index (χ1n) is 8.96. The lowest BCUT2D eigenvalue weighted by molar-refractivity contribution is -0.125. The molecule has 1 aromatic carbocycles. The Balaban J connectivity index is 2.01. The zero-order chi connectivity index (χ0) is 18.2. The second kappa shape index (κ2) is 9.47. The first-order valence-corrected chi connectivity index (χ1v) is 8.96. The van der Waals surface area contributed by atoms with E-state index >= 15 is 0 Å². The number of hydrogen-bond donors (Lipinski definition) is 0. The molecule has 0 N–H and O–H groups in total. The average molecular weight is 346 g/mol. The van der Waals surface area contributed by atoms with Crippen LogP contribution in [0.2, 0.25) is 0 Å². The second-order valence-electron chi connectivity index (χ2n) is 6.93. The van der Waals surface area contributed by atoms with E-state index in [9.17, 15) is 4.79 Å². The van der Waals surface area contributed by atoms with Crippen molar-refractivity contribution in [2.24, 2.45) is 5.92 Å². The zero-order valence-corrected chi connectivity index (χ0v) is 15.8. The normalized spacial score (nSPS) is 16.3. The Labute approximate surface area is 151 Å². The molecule has 1 aliphatic heterocycles. The number of methoxy groups -OCH3 is 1. The summed E-state index contributed by atoms with van der Waals surface area (Å²) in [6.07, 6.45) is 4.51. The Morgan fingerprint density at radius 1 is 1.20 bits per heavy atom. The van der Waals surface area contributed by atoms with E-state index in [0.717, 1.165) is 43.9 Å². The third kappa shape index (κ3) is 6.09. The van der Waals surface area contributed by atoms with Gasteiger partial charge in [0, 0.05) is 25.7 Å². The molecule has 1 saturated heterocycles. The lowest BCUT2D eigenvalue weighted by Crippen LogP contribution is -2.33. The first-order chi connectivity index (χ1) is 12.0. The molecule has 1 aliphatic rings. The van der Waals surface area contributed by atoms with Crippen molar-refractivity contribution in [3.05, 3.63) is 29.8 Å². The van der Waals surface area contributed by atoms with E-state index in [4.69, 9.17) is 9.47 Å². The van der Waals surface area contributed by atoms with Crippen LogP contribution in [0.25, 0.3) is 6.08 Å². The second-order valence-corrected chi connectivity index (χ2v) is 6.93. The SMILES string of the molecule is COc1cc(/C=C/C(=O)N2CCCN(C)CC2)ccc1OCC(C)C. The number of nitrogens with zero attached hydrogens (tertiary/aromatic N) is 2. The first kappa shape index (κ1) is 19.3. The molecule has 5 nitrogen and oxygen atoms in total. The molecule has 1 amide bonds. The van der Waals surface area contributed by atoms with Crippen LogP contribution in [0.1, 0.15) is 25.8 Å². The molecule has 1 fully saturated rings. The minimum Gasteiger partial charge on any atom is -0.493 e. The van der Waals surface area contributed by atoms with Crippen molar-refractivity contribution in [3.8, 4) is 11.5 Å². The Bertz CT molecular complexity index is 599. The van der Waals surface area contributed by atoms with Gasteiger partial charge in [-0.25, -0.2) is 0 Å². The lowest BCUT2D eigenvalue weighted by atomic mass is 10.1. The van der Waals surface area contributed by atoms with Gasteiger partial charge in [0.1, 0.15) is 0 Å². The van der Waals surface area contributed by atoms with Crippen LogP contribution in [0.4, 0.5) is 0 Å². The molecule has 0 unspecified atom stereocenters. The Kier molecular flexibility index (Phi) is 7.31. The number of amides is 1. The highest BCUT2D eigenvalue weighted by Crippen LogP contribution is 2.29. The van der Waals surface area contributed by atoms with Crippen molar-refractivity contribution in [2.45, 2.75) is 20.3 Å². The fourth-order valence-corrected chi connectivity index (χ4v) is 2.70. The van der Waals surface area contributed by atoms with Gasteiger partial charge in [-0.15, -0.1) is 0 Å². The van der Waals surface area contributed by atoms with Crippen LogP contribution < -0.4 is 9.47 Å². The van der Waals surface area contributed by atoms with Crippen molar-refractivity contribution in [1.82, 2.24) is 9.80 Å². The van der Waals surface area contributed by atoms with E-state index in [1.165, 1.54) is 0 Å². The summed E-state index contributed by atoms with van der Waals surface area (Å²) in [6.45, 7) is 8.43.